The van der Waals surface area contributed by atoms with Gasteiger partial charge in [-0.3, -0.25) is 19.1 Å². The van der Waals surface area contributed by atoms with Crippen LogP contribution in [0.4, 0.5) is 4.79 Å². The average Bonchev–Trinajstić information content (AvgIpc) is 4.09. The smallest absolute Gasteiger partial charge is 0.407 e. The maximum atomic E-state index is 14.7. The summed E-state index contributed by atoms with van der Waals surface area (Å²) in [5.74, 6) is -2.27. The van der Waals surface area contributed by atoms with E-state index in [0.717, 1.165) is 5.56 Å². The molecule has 57 heavy (non-hydrogen) atoms. The Balaban J connectivity index is 1.34. The second-order valence-corrected chi connectivity index (χ2v) is 19.5. The molecule has 2 saturated carbocycles. The van der Waals surface area contributed by atoms with Crippen molar-refractivity contribution in [1.82, 2.24) is 25.2 Å². The van der Waals surface area contributed by atoms with Gasteiger partial charge in [-0.2, -0.15) is 0 Å². The number of carbonyl (C=O) groups is 4. The number of hydrogen-bond acceptors (Lipinski definition) is 10. The first-order chi connectivity index (χ1) is 26.7. The Bertz CT molecular complexity index is 2160. The molecular weight excluding hydrogens is 751 g/mol. The molecule has 1 aliphatic heterocycles. The molecule has 0 bridgehead atoms. The van der Waals surface area contributed by atoms with Gasteiger partial charge in [0.2, 0.25) is 21.8 Å². The van der Waals surface area contributed by atoms with Gasteiger partial charge in [0.15, 0.2) is 6.23 Å². The third kappa shape index (κ3) is 9.35. The van der Waals surface area contributed by atoms with E-state index < -0.39 is 74.1 Å². The molecule has 5 atom stereocenters. The Hall–Kier alpha value is -5.18. The van der Waals surface area contributed by atoms with E-state index in [4.69, 9.17) is 19.2 Å². The van der Waals surface area contributed by atoms with Crippen molar-refractivity contribution in [3.63, 3.8) is 0 Å². The Morgan fingerprint density at radius 3 is 2.33 bits per heavy atom. The number of methoxy groups -OCH3 is 1. The first-order valence-corrected chi connectivity index (χ1v) is 20.7. The molecule has 6 rings (SSSR count). The van der Waals surface area contributed by atoms with Crippen molar-refractivity contribution in [3.05, 3.63) is 67.3 Å². The van der Waals surface area contributed by atoms with Crippen molar-refractivity contribution >= 4 is 44.7 Å². The number of nitrogens with one attached hydrogen (secondary N) is 3. The molecule has 3 aliphatic rings. The summed E-state index contributed by atoms with van der Waals surface area (Å²) in [6, 6.07) is 15.6. The fourth-order valence-electron chi connectivity index (χ4n) is 6.93. The van der Waals surface area contributed by atoms with E-state index in [2.05, 4.69) is 21.9 Å². The number of sulfonamides is 1. The Morgan fingerprint density at radius 1 is 1.04 bits per heavy atom. The molecule has 3 fully saturated rings. The summed E-state index contributed by atoms with van der Waals surface area (Å²) in [7, 11) is -2.33. The minimum absolute atomic E-state index is 0.0143. The van der Waals surface area contributed by atoms with Crippen LogP contribution >= 0.6 is 0 Å². The number of rotatable bonds is 13. The molecule has 0 spiro atoms. The van der Waals surface area contributed by atoms with E-state index in [1.807, 2.05) is 77.9 Å². The van der Waals surface area contributed by atoms with Crippen LogP contribution < -0.4 is 24.8 Å². The van der Waals surface area contributed by atoms with Gasteiger partial charge in [-0.25, -0.2) is 18.2 Å². The van der Waals surface area contributed by atoms with Crippen molar-refractivity contribution < 1.29 is 41.8 Å². The zero-order valence-electron chi connectivity index (χ0n) is 33.6. The maximum absolute atomic E-state index is 14.7. The highest BCUT2D eigenvalue weighted by Crippen LogP contribution is 2.46. The molecule has 1 saturated heterocycles. The highest BCUT2D eigenvalue weighted by molar-refractivity contribution is 7.91. The van der Waals surface area contributed by atoms with E-state index in [1.54, 1.807) is 25.3 Å². The lowest BCUT2D eigenvalue weighted by Gasteiger charge is -2.35. The van der Waals surface area contributed by atoms with Gasteiger partial charge >= 0.3 is 6.09 Å². The Labute approximate surface area is 334 Å². The van der Waals surface area contributed by atoms with Gasteiger partial charge in [-0.15, -0.1) is 6.58 Å². The van der Waals surface area contributed by atoms with Crippen LogP contribution in [0, 0.1) is 22.7 Å². The van der Waals surface area contributed by atoms with Crippen molar-refractivity contribution in [2.24, 2.45) is 22.7 Å². The van der Waals surface area contributed by atoms with Gasteiger partial charge in [0, 0.05) is 42.0 Å². The van der Waals surface area contributed by atoms with Gasteiger partial charge in [-0.05, 0) is 42.2 Å². The van der Waals surface area contributed by atoms with E-state index in [1.165, 1.54) is 11.0 Å². The van der Waals surface area contributed by atoms with Crippen molar-refractivity contribution in [2.75, 3.05) is 20.3 Å². The Morgan fingerprint density at radius 2 is 1.74 bits per heavy atom. The number of aromatic nitrogens is 1. The predicted octanol–water partition coefficient (Wildman–Crippen LogP) is 5.32. The molecule has 3 N–H and O–H groups in total. The number of fused-ring (bicyclic) bond motifs is 1. The molecule has 306 valence electrons. The molecule has 2 aromatic carbocycles. The molecule has 14 nitrogen and oxygen atoms in total. The molecule has 4 amide bonds. The van der Waals surface area contributed by atoms with Crippen LogP contribution in [0.15, 0.2) is 67.3 Å². The monoisotopic (exact) mass is 803 g/mol. The number of ether oxygens (including phenoxy) is 3. The fraction of sp³-hybridized carbons (Fsp3) is 0.500. The summed E-state index contributed by atoms with van der Waals surface area (Å²) in [5.41, 5.74) is -0.625. The van der Waals surface area contributed by atoms with E-state index >= 15 is 0 Å². The predicted molar refractivity (Wildman–Crippen MR) is 214 cm³/mol. The quantitative estimate of drug-likeness (QED) is 0.191. The first-order valence-electron chi connectivity index (χ1n) is 19.2. The lowest BCUT2D eigenvalue weighted by atomic mass is 9.86. The molecule has 2 aliphatic carbocycles. The molecule has 0 unspecified atom stereocenters. The largest absolute Gasteiger partial charge is 0.497 e. The first kappa shape index (κ1) is 41.5. The minimum Gasteiger partial charge on any atom is -0.497 e. The summed E-state index contributed by atoms with van der Waals surface area (Å²) in [5, 5.41) is 5.60. The van der Waals surface area contributed by atoms with Gasteiger partial charge in [0.05, 0.1) is 36.1 Å². The van der Waals surface area contributed by atoms with Crippen molar-refractivity contribution in [2.45, 2.75) is 90.3 Å². The number of hydrogen-bond donors (Lipinski definition) is 3. The molecule has 2 heterocycles. The minimum atomic E-state index is -3.89. The fourth-order valence-corrected chi connectivity index (χ4v) is 8.30. The van der Waals surface area contributed by atoms with Crippen LogP contribution in [-0.4, -0.2) is 85.4 Å². The molecule has 15 heteroatoms. The zero-order chi connectivity index (χ0) is 41.5. The van der Waals surface area contributed by atoms with Gasteiger partial charge in [-0.1, -0.05) is 78.0 Å². The average molecular weight is 804 g/mol. The van der Waals surface area contributed by atoms with Crippen LogP contribution in [0.25, 0.3) is 22.2 Å². The number of carbonyl (C=O) groups excluding carboxylic acids is 4. The number of pyridine rings is 1. The molecule has 3 aromatic rings. The van der Waals surface area contributed by atoms with Crippen LogP contribution in [0.1, 0.15) is 67.2 Å². The zero-order valence-corrected chi connectivity index (χ0v) is 34.4. The number of amides is 4. The SMILES string of the molecule is C=C[C@@H]1C[C@]1(NC(=O)[C@@H]1C[C@H](Oc2cc(-c3ccccc3)nc3cc(OC)ccc23)N(C(=O)[C@@H](NC(=O)OCC(C)(C)C)C(C)(C)C)C1)C(=O)NS(=O)(=O)C1CC1. The van der Waals surface area contributed by atoms with Crippen LogP contribution in [0.2, 0.25) is 0 Å². The Kier molecular flexibility index (Phi) is 11.4. The summed E-state index contributed by atoms with van der Waals surface area (Å²) in [6.07, 6.45) is 0.857. The van der Waals surface area contributed by atoms with E-state index in [0.29, 0.717) is 40.9 Å². The number of alkyl carbamates (subject to hydrolysis) is 1. The molecule has 1 aromatic heterocycles. The molecule has 0 radical (unpaired) electrons. The van der Waals surface area contributed by atoms with E-state index in [9.17, 15) is 27.6 Å². The van der Waals surface area contributed by atoms with E-state index in [-0.39, 0.29) is 31.4 Å². The van der Waals surface area contributed by atoms with Crippen LogP contribution in [-0.2, 0) is 29.1 Å². The lowest BCUT2D eigenvalue weighted by molar-refractivity contribution is -0.141. The number of likely N-dealkylation sites (tertiary alicyclic amines) is 1. The van der Waals surface area contributed by atoms with Crippen molar-refractivity contribution in [3.8, 4) is 22.8 Å². The van der Waals surface area contributed by atoms with Gasteiger partial charge in [0.25, 0.3) is 5.91 Å². The lowest BCUT2D eigenvalue weighted by Crippen LogP contribution is -2.57. The standard InChI is InChI=1S/C42H53N5O9S/c1-9-27-22-42(27,38(50)46-57(52,53)29-16-17-29)45-36(48)26-19-34(47(23-26)37(49)35(41(5,6)7)44-39(51)55-24-40(2,3)4)56-33-21-31(25-13-11-10-12-14-25)43-32-20-28(54-8)15-18-30(32)33/h9-15,18,20-21,26-27,29,34-35H,1,16-17,19,22-24H2,2-8H3,(H,44,51)(H,45,48)(H,46,50)/t26-,27-,34+,35-,42-/m1/s1. The van der Waals surface area contributed by atoms with Crippen LogP contribution in [0.3, 0.4) is 0 Å². The number of benzene rings is 2. The molecular formula is C42H53N5O9S. The van der Waals surface area contributed by atoms with Gasteiger partial charge in [0.1, 0.15) is 23.1 Å². The third-order valence-corrected chi connectivity index (χ3v) is 12.3. The normalized spacial score (nSPS) is 22.6. The highest BCUT2D eigenvalue weighted by atomic mass is 32.2. The topological polar surface area (TPSA) is 182 Å². The van der Waals surface area contributed by atoms with Gasteiger partial charge < -0.3 is 29.7 Å². The summed E-state index contributed by atoms with van der Waals surface area (Å²) >= 11 is 0. The second-order valence-electron chi connectivity index (χ2n) is 17.5. The summed E-state index contributed by atoms with van der Waals surface area (Å²) in [6.45, 7) is 15.0. The maximum Gasteiger partial charge on any atom is 0.407 e. The van der Waals surface area contributed by atoms with Crippen molar-refractivity contribution in [1.29, 1.82) is 0 Å². The highest BCUT2D eigenvalue weighted by Gasteiger charge is 2.61. The second kappa shape index (κ2) is 15.6. The summed E-state index contributed by atoms with van der Waals surface area (Å²) in [4.78, 5) is 61.9. The van der Waals surface area contributed by atoms with Crippen LogP contribution in [0.5, 0.6) is 11.5 Å². The number of nitrogens with zero attached hydrogens (tertiary/aromatic N) is 2. The summed E-state index contributed by atoms with van der Waals surface area (Å²) < 4.78 is 45.3. The third-order valence-electron chi connectivity index (χ3n) is 10.5.